The van der Waals surface area contributed by atoms with Crippen molar-refractivity contribution in [2.24, 2.45) is 20.5 Å². The normalized spacial score (nSPS) is 11.6. The van der Waals surface area contributed by atoms with Crippen LogP contribution >= 0.6 is 36.0 Å². The first-order valence-corrected chi connectivity index (χ1v) is 21.9. The Hall–Kier alpha value is -1.30. The van der Waals surface area contributed by atoms with Gasteiger partial charge in [-0.1, -0.05) is 6.07 Å². The molecule has 0 aliphatic heterocycles. The number of nitrogens with zero attached hydrogens (tertiary/aromatic N) is 8. The number of sulfone groups is 1. The van der Waals surface area contributed by atoms with Gasteiger partial charge in [0.25, 0.3) is 0 Å². The Kier molecular flexibility index (Phi) is 27.0. The van der Waals surface area contributed by atoms with Gasteiger partial charge in [-0.25, -0.2) is 30.2 Å². The molecule has 0 unspecified atom stereocenters. The van der Waals surface area contributed by atoms with Crippen molar-refractivity contribution >= 4 is 124 Å². The van der Waals surface area contributed by atoms with Crippen LogP contribution in [0.5, 0.6) is 0 Å². The Balaban J connectivity index is 0.00000528. The van der Waals surface area contributed by atoms with Crippen molar-refractivity contribution < 1.29 is 186 Å². The van der Waals surface area contributed by atoms with Crippen molar-refractivity contribution in [1.29, 1.82) is 0 Å². The van der Waals surface area contributed by atoms with E-state index in [1.54, 1.807) is 24.3 Å². The molecular formula is C28H21ClN12Na4O15S5. The van der Waals surface area contributed by atoms with Crippen LogP contribution in [0.15, 0.2) is 107 Å². The number of anilines is 6. The monoisotopic (exact) mass is 1050 g/mol. The molecule has 0 aliphatic carbocycles. The number of benzene rings is 3. The fourth-order valence-electron chi connectivity index (χ4n) is 4.48. The van der Waals surface area contributed by atoms with Crippen molar-refractivity contribution in [2.45, 2.75) is 19.6 Å². The Morgan fingerprint density at radius 2 is 1.22 bits per heavy atom. The molecule has 0 amide bonds. The second-order valence-corrected chi connectivity index (χ2v) is 17.4. The van der Waals surface area contributed by atoms with Crippen molar-refractivity contribution in [2.75, 3.05) is 34.5 Å². The zero-order valence-corrected chi connectivity index (χ0v) is 46.4. The maximum absolute atomic E-state index is 12.7. The van der Waals surface area contributed by atoms with Crippen molar-refractivity contribution in [1.82, 2.24) is 19.9 Å². The van der Waals surface area contributed by atoms with E-state index < -0.39 is 74.3 Å². The third kappa shape index (κ3) is 18.9. The van der Waals surface area contributed by atoms with Gasteiger partial charge < -0.3 is 41.7 Å². The van der Waals surface area contributed by atoms with E-state index in [1.165, 1.54) is 6.07 Å². The van der Waals surface area contributed by atoms with Crippen molar-refractivity contribution in [3.8, 4) is 0 Å². The van der Waals surface area contributed by atoms with Crippen LogP contribution in [0.3, 0.4) is 0 Å². The number of hydrogen-bond acceptors (Lipinski definition) is 29. The molecule has 0 fully saturated rings. The van der Waals surface area contributed by atoms with Crippen LogP contribution in [0.1, 0.15) is 0 Å². The summed E-state index contributed by atoms with van der Waals surface area (Å²) in [5.74, 6) is -1.74. The van der Waals surface area contributed by atoms with Crippen LogP contribution in [0.4, 0.5) is 57.7 Å². The number of nitrogen functional groups attached to an aromatic ring is 2. The van der Waals surface area contributed by atoms with E-state index in [9.17, 15) is 44.9 Å². The molecule has 37 heteroatoms. The van der Waals surface area contributed by atoms with E-state index in [0.717, 1.165) is 30.3 Å². The van der Waals surface area contributed by atoms with Gasteiger partial charge in [0.2, 0.25) is 17.2 Å². The first kappa shape index (κ1) is 61.7. The van der Waals surface area contributed by atoms with Gasteiger partial charge in [-0.3, -0.25) is 14.3 Å². The van der Waals surface area contributed by atoms with Crippen LogP contribution in [0.2, 0.25) is 5.28 Å². The van der Waals surface area contributed by atoms with Gasteiger partial charge in [0.15, 0.2) is 33.8 Å². The maximum Gasteiger partial charge on any atom is 1.00 e. The van der Waals surface area contributed by atoms with Crippen molar-refractivity contribution in [3.05, 3.63) is 72.0 Å². The van der Waals surface area contributed by atoms with Gasteiger partial charge in [-0.2, -0.15) is 19.3 Å². The molecule has 5 rings (SSSR count). The van der Waals surface area contributed by atoms with E-state index >= 15 is 0 Å². The Morgan fingerprint density at radius 3 is 1.80 bits per heavy atom. The van der Waals surface area contributed by atoms with E-state index in [0.29, 0.717) is 28.7 Å². The van der Waals surface area contributed by atoms with Crippen LogP contribution < -0.4 is 151 Å². The summed E-state index contributed by atoms with van der Waals surface area (Å²) >= 11 is 6.78. The molecule has 2 aromatic heterocycles. The molecule has 0 saturated carbocycles. The first-order chi connectivity index (χ1) is 28.9. The Labute approximate surface area is 470 Å². The van der Waals surface area contributed by atoms with E-state index in [-0.39, 0.29) is 171 Å². The van der Waals surface area contributed by atoms with E-state index in [2.05, 4.69) is 74.0 Å². The number of nitrogens with two attached hydrogens (primary N) is 2. The standard InChI is InChI=1S/C28H25ClN12O15S5.4Na/c29-26-35-27(32-14-2-1-3-16(10-14)57-55-53-42)37-28(36-26)33-15-4-7-22(60(46,47)48)19(11-15)39-41-21-13-20(24(30)34-25(21)31)40-38-18-6-5-17(12-23(18)61(49,50)51)59(44,45)9-8-52-58-56-54-43;;;;/h1-7,10-13,42-43H,8-9H2,(H4,30,31,34)(H,46,47,48)(H,49,50,51)(H2,32,33,35,36,37);;;;/q;4*+1/p-4. The molecule has 324 valence electrons. The van der Waals surface area contributed by atoms with Gasteiger partial charge in [-0.15, -0.1) is 24.8 Å². The Bertz CT molecular complexity index is 2830. The van der Waals surface area contributed by atoms with Gasteiger partial charge in [0, 0.05) is 22.3 Å². The van der Waals surface area contributed by atoms with Crippen molar-refractivity contribution in [3.63, 3.8) is 0 Å². The largest absolute Gasteiger partial charge is 1.00 e. The quantitative estimate of drug-likeness (QED) is 0.0107. The van der Waals surface area contributed by atoms with Crippen LogP contribution in [-0.4, -0.2) is 66.7 Å². The molecule has 0 spiro atoms. The Morgan fingerprint density at radius 1 is 0.646 bits per heavy atom. The molecule has 0 radical (unpaired) electrons. The molecule has 5 aromatic rings. The topological polar surface area (TPSA) is 418 Å². The number of azo groups is 2. The maximum atomic E-state index is 12.7. The van der Waals surface area contributed by atoms with Crippen LogP contribution in [-0.2, 0) is 53.0 Å². The fraction of sp³-hybridized carbons (Fsp3) is 0.0714. The zero-order chi connectivity index (χ0) is 44.4. The summed E-state index contributed by atoms with van der Waals surface area (Å²) in [6, 6.07) is 13.0. The fourth-order valence-corrected chi connectivity index (χ4v) is 7.79. The molecule has 0 bridgehead atoms. The third-order valence-electron chi connectivity index (χ3n) is 7.01. The molecule has 27 nitrogen and oxygen atoms in total. The molecule has 0 aliphatic rings. The van der Waals surface area contributed by atoms with Gasteiger partial charge in [0.05, 0.1) is 39.1 Å². The summed E-state index contributed by atoms with van der Waals surface area (Å²) in [5, 5.41) is 46.9. The molecule has 6 N–H and O–H groups in total. The van der Waals surface area contributed by atoms with Gasteiger partial charge in [-0.05, 0) is 66.2 Å². The molecule has 0 saturated heterocycles. The number of hydrogen-bond donors (Lipinski definition) is 4. The first-order valence-electron chi connectivity index (χ1n) is 15.6. The molecule has 2 heterocycles. The van der Waals surface area contributed by atoms with Gasteiger partial charge >= 0.3 is 118 Å². The third-order valence-corrected chi connectivity index (χ3v) is 11.5. The number of halogens is 1. The molecular weight excluding hydrogens is 1030 g/mol. The molecule has 65 heavy (non-hydrogen) atoms. The SMILES string of the molecule is Nc1nc(N)c(N=Nc2ccc(S(=O)(=O)CCOSOO[O-])cc2S(=O)(=O)[O-])cc1N=Nc1cc(Nc2nc(Cl)nc(Nc3cccc(SOO[O-])c3)n2)ccc1S(=O)(=O)[O-].[Na+].[Na+].[Na+].[Na+]. The predicted octanol–water partition coefficient (Wildman–Crippen LogP) is -8.97. The predicted molar refractivity (Wildman–Crippen MR) is 204 cm³/mol. The van der Waals surface area contributed by atoms with E-state index in [1.807, 2.05) is 0 Å². The average Bonchev–Trinajstić information content (AvgIpc) is 3.18. The summed E-state index contributed by atoms with van der Waals surface area (Å²) < 4.78 is 111. The zero-order valence-electron chi connectivity index (χ0n) is 33.5. The summed E-state index contributed by atoms with van der Waals surface area (Å²) in [6.07, 6.45) is 0. The summed E-state index contributed by atoms with van der Waals surface area (Å²) in [5.41, 5.74) is 10.5. The molecule has 3 aromatic carbocycles. The summed E-state index contributed by atoms with van der Waals surface area (Å²) in [7, 11) is -14.8. The minimum absolute atomic E-state index is 0. The number of rotatable bonds is 20. The number of nitrogens with one attached hydrogen (secondary N) is 2. The number of pyridine rings is 1. The number of aromatic nitrogens is 4. The van der Waals surface area contributed by atoms with Gasteiger partial charge in [0.1, 0.15) is 43.0 Å². The minimum Gasteiger partial charge on any atom is -0.744 e. The second-order valence-electron chi connectivity index (χ2n) is 11.0. The summed E-state index contributed by atoms with van der Waals surface area (Å²) in [6.45, 7) is -0.539. The van der Waals surface area contributed by atoms with Crippen LogP contribution in [0, 0.1) is 0 Å². The minimum atomic E-state index is -5.37. The average molecular weight is 1050 g/mol. The summed E-state index contributed by atoms with van der Waals surface area (Å²) in [4.78, 5) is 14.0. The van der Waals surface area contributed by atoms with Crippen LogP contribution in [0.25, 0.3) is 0 Å². The molecule has 0 atom stereocenters. The smallest absolute Gasteiger partial charge is 0.744 e. The second kappa shape index (κ2) is 28.4. The van der Waals surface area contributed by atoms with E-state index in [4.69, 9.17) is 23.1 Å².